The topological polar surface area (TPSA) is 94.1 Å². The molecule has 6 atom stereocenters. The second-order valence-electron chi connectivity index (χ2n) is 22.3. The number of aryl methyl sites for hydroxylation is 2. The van der Waals surface area contributed by atoms with E-state index in [1.54, 1.807) is 7.11 Å². The molecule has 2 N–H and O–H groups in total. The van der Waals surface area contributed by atoms with E-state index in [0.29, 0.717) is 25.7 Å². The van der Waals surface area contributed by atoms with Gasteiger partial charge < -0.3 is 24.6 Å². The highest BCUT2D eigenvalue weighted by Gasteiger charge is 2.56. The van der Waals surface area contributed by atoms with E-state index in [-0.39, 0.29) is 28.1 Å². The van der Waals surface area contributed by atoms with E-state index in [4.69, 9.17) is 14.2 Å². The summed E-state index contributed by atoms with van der Waals surface area (Å²) in [5.41, 5.74) is 7.91. The third kappa shape index (κ3) is 9.56. The number of hydrogen-bond acceptors (Lipinski definition) is 5. The van der Waals surface area contributed by atoms with Crippen molar-refractivity contribution in [1.29, 1.82) is 0 Å². The first-order valence-corrected chi connectivity index (χ1v) is 26.1. The third-order valence-corrected chi connectivity index (χ3v) is 18.2. The van der Waals surface area contributed by atoms with Crippen molar-refractivity contribution in [2.75, 3.05) is 13.7 Å². The van der Waals surface area contributed by atoms with Crippen LogP contribution >= 0.6 is 0 Å². The Balaban J connectivity index is 0.000000189. The Morgan fingerprint density at radius 2 is 1.09 bits per heavy atom. The van der Waals surface area contributed by atoms with Crippen LogP contribution in [0.15, 0.2) is 121 Å². The van der Waals surface area contributed by atoms with Gasteiger partial charge >= 0.3 is 5.97 Å². The average molecular weight is 930 g/mol. The minimum Gasteiger partial charge on any atom is -0.497 e. The molecule has 0 radical (unpaired) electrons. The number of hydrogen-bond donors (Lipinski definition) is 2. The number of carbonyl (C=O) groups is 2. The molecule has 5 aromatic carbocycles. The lowest BCUT2D eigenvalue weighted by atomic mass is 9.49. The van der Waals surface area contributed by atoms with E-state index >= 15 is 0 Å². The lowest BCUT2D eigenvalue weighted by molar-refractivity contribution is -0.157. The van der Waals surface area contributed by atoms with Crippen molar-refractivity contribution < 1.29 is 28.9 Å². The van der Waals surface area contributed by atoms with Crippen molar-refractivity contribution >= 4 is 11.9 Å². The largest absolute Gasteiger partial charge is 0.497 e. The predicted molar refractivity (Wildman–Crippen MR) is 275 cm³/mol. The summed E-state index contributed by atoms with van der Waals surface area (Å²) in [5, 5.41) is 13.5. The predicted octanol–water partition coefficient (Wildman–Crippen LogP) is 13.7. The Morgan fingerprint density at radius 3 is 1.61 bits per heavy atom. The summed E-state index contributed by atoms with van der Waals surface area (Å²) in [5.74, 6) is 2.77. The number of carbonyl (C=O) groups excluding carboxylic acids is 1. The van der Waals surface area contributed by atoms with E-state index in [1.165, 1.54) is 52.6 Å². The van der Waals surface area contributed by atoms with Crippen molar-refractivity contribution in [2.24, 2.45) is 22.7 Å². The van der Waals surface area contributed by atoms with Gasteiger partial charge in [0.2, 0.25) is 5.91 Å². The maximum Gasteiger partial charge on any atom is 0.309 e. The zero-order valence-corrected chi connectivity index (χ0v) is 41.9. The number of nitrogens with one attached hydrogen (secondary N) is 1. The Morgan fingerprint density at radius 1 is 0.565 bits per heavy atom. The molecule has 69 heavy (non-hydrogen) atoms. The van der Waals surface area contributed by atoms with E-state index in [9.17, 15) is 14.7 Å². The van der Waals surface area contributed by atoms with Gasteiger partial charge in [-0.05, 0) is 169 Å². The zero-order valence-electron chi connectivity index (χ0n) is 41.9. The molecule has 5 aromatic rings. The molecule has 0 saturated heterocycles. The van der Waals surface area contributed by atoms with Crippen LogP contribution in [0.1, 0.15) is 150 Å². The minimum atomic E-state index is -0.640. The fraction of sp³-hybridized carbons (Fsp3) is 0.484. The highest BCUT2D eigenvalue weighted by Crippen LogP contribution is 2.59. The van der Waals surface area contributed by atoms with Gasteiger partial charge in [-0.25, -0.2) is 0 Å². The molecule has 0 unspecified atom stereocenters. The first-order valence-electron chi connectivity index (χ1n) is 26.1. The molecule has 5 aliphatic carbocycles. The normalized spacial score (nSPS) is 27.6. The maximum atomic E-state index is 14.3. The number of aliphatic carboxylic acids is 1. The van der Waals surface area contributed by atoms with Gasteiger partial charge in [0.1, 0.15) is 30.5 Å². The van der Waals surface area contributed by atoms with Crippen molar-refractivity contribution in [3.8, 4) is 17.2 Å². The second-order valence-corrected chi connectivity index (χ2v) is 22.3. The van der Waals surface area contributed by atoms with Crippen molar-refractivity contribution in [2.45, 2.75) is 153 Å². The van der Waals surface area contributed by atoms with Gasteiger partial charge in [-0.1, -0.05) is 138 Å². The Labute approximate surface area is 411 Å². The molecule has 0 aliphatic heterocycles. The SMILES string of the molecule is COc1cccc(C2(CNC(=O)[C@@]3(C)CCC[C@]4(C)c5cc(OCc6ccccc6)ccc5CC[C@@H]34)CCCCC2)c1.C[C@]1(C(=O)O)CCC[C@]2(C)c3cc(OCc4ccccc4)ccc3CC[C@@H]12. The average Bonchev–Trinajstić information content (AvgIpc) is 3.37. The van der Waals surface area contributed by atoms with Crippen molar-refractivity contribution in [1.82, 2.24) is 5.32 Å². The van der Waals surface area contributed by atoms with Gasteiger partial charge in [-0.2, -0.15) is 0 Å². The Bertz CT molecular complexity index is 2590. The summed E-state index contributed by atoms with van der Waals surface area (Å²) in [6.45, 7) is 10.7. The number of benzene rings is 5. The molecule has 7 heteroatoms. The van der Waals surface area contributed by atoms with Crippen molar-refractivity contribution in [3.05, 3.63) is 160 Å². The Kier molecular flexibility index (Phi) is 14.1. The number of rotatable bonds is 12. The van der Waals surface area contributed by atoms with Crippen LogP contribution in [-0.4, -0.2) is 30.6 Å². The summed E-state index contributed by atoms with van der Waals surface area (Å²) in [6.07, 6.45) is 15.8. The molecular formula is C62H75NO6. The van der Waals surface area contributed by atoms with Crippen LogP contribution in [0.5, 0.6) is 17.2 Å². The van der Waals surface area contributed by atoms with E-state index in [1.807, 2.05) is 37.3 Å². The van der Waals surface area contributed by atoms with Gasteiger partial charge in [0, 0.05) is 12.0 Å². The molecule has 10 rings (SSSR count). The van der Waals surface area contributed by atoms with Crippen LogP contribution < -0.4 is 19.5 Å². The van der Waals surface area contributed by atoms with Gasteiger partial charge in [0.25, 0.3) is 0 Å². The number of ether oxygens (including phenoxy) is 3. The minimum absolute atomic E-state index is 0.0268. The van der Waals surface area contributed by atoms with Gasteiger partial charge in [0.05, 0.1) is 17.9 Å². The summed E-state index contributed by atoms with van der Waals surface area (Å²) in [7, 11) is 1.73. The molecule has 0 spiro atoms. The van der Waals surface area contributed by atoms with Crippen LogP contribution in [0.3, 0.4) is 0 Å². The number of fused-ring (bicyclic) bond motifs is 6. The molecule has 5 aliphatic rings. The molecule has 7 nitrogen and oxygen atoms in total. The monoisotopic (exact) mass is 930 g/mol. The molecule has 0 bridgehead atoms. The number of carboxylic acids is 1. The molecular weight excluding hydrogens is 855 g/mol. The van der Waals surface area contributed by atoms with Gasteiger partial charge in [-0.3, -0.25) is 9.59 Å². The second kappa shape index (κ2) is 20.0. The van der Waals surface area contributed by atoms with Crippen LogP contribution in [0, 0.1) is 22.7 Å². The third-order valence-electron chi connectivity index (χ3n) is 18.2. The van der Waals surface area contributed by atoms with Crippen LogP contribution in [0.2, 0.25) is 0 Å². The lowest BCUT2D eigenvalue weighted by Crippen LogP contribution is -2.56. The van der Waals surface area contributed by atoms with Crippen LogP contribution in [-0.2, 0) is 51.9 Å². The Hall–Kier alpha value is -5.56. The van der Waals surface area contributed by atoms with Crippen LogP contribution in [0.25, 0.3) is 0 Å². The summed E-state index contributed by atoms with van der Waals surface area (Å²) >= 11 is 0. The summed E-state index contributed by atoms with van der Waals surface area (Å²) < 4.78 is 17.9. The maximum absolute atomic E-state index is 14.3. The molecule has 0 heterocycles. The van der Waals surface area contributed by atoms with E-state index in [2.05, 4.69) is 117 Å². The first-order chi connectivity index (χ1) is 33.3. The van der Waals surface area contributed by atoms with Crippen LogP contribution in [0.4, 0.5) is 0 Å². The summed E-state index contributed by atoms with van der Waals surface area (Å²) in [4.78, 5) is 26.4. The molecule has 3 saturated carbocycles. The van der Waals surface area contributed by atoms with Gasteiger partial charge in [0.15, 0.2) is 0 Å². The molecule has 364 valence electrons. The van der Waals surface area contributed by atoms with E-state index in [0.717, 1.165) is 99.9 Å². The number of methoxy groups -OCH3 is 1. The number of amides is 1. The molecule has 1 amide bonds. The lowest BCUT2D eigenvalue weighted by Gasteiger charge is -2.54. The molecule has 3 fully saturated rings. The van der Waals surface area contributed by atoms with E-state index < -0.39 is 16.8 Å². The number of carboxylic acid groups (broad SMARTS) is 1. The fourth-order valence-corrected chi connectivity index (χ4v) is 14.3. The van der Waals surface area contributed by atoms with Gasteiger partial charge in [-0.15, -0.1) is 0 Å². The molecule has 0 aromatic heterocycles. The smallest absolute Gasteiger partial charge is 0.309 e. The standard InChI is InChI=1S/C38H47NO3.C24H28O3/c1-36-20-11-21-37(2,35(40)39-27-38(22-8-5-9-23-38)30-14-10-15-31(24-30)41-3)34(36)19-17-29-16-18-32(25-33(29)36)42-26-28-12-6-4-7-13-28;1-23-13-6-14-24(2,22(25)26)21(23)12-10-18-9-11-19(15-20(18)23)27-16-17-7-4-3-5-8-17/h4,6-7,10,12-16,18,24-25,34H,5,8-9,11,17,19-23,26-27H2,1-3H3,(H,39,40);3-5,7-9,11,15,21H,6,10,12-14,16H2,1-2H3,(H,25,26)/t34-,36-,37+;21-,23-,24+/m11/s1. The highest BCUT2D eigenvalue weighted by molar-refractivity contribution is 5.83. The quantitative estimate of drug-likeness (QED) is 0.129. The fourth-order valence-electron chi connectivity index (χ4n) is 14.3. The first kappa shape index (κ1) is 48.5. The van der Waals surface area contributed by atoms with Crippen molar-refractivity contribution in [3.63, 3.8) is 0 Å². The highest BCUT2D eigenvalue weighted by atomic mass is 16.5. The summed E-state index contributed by atoms with van der Waals surface area (Å²) in [6, 6.07) is 42.2. The zero-order chi connectivity index (χ0) is 48.3.